The maximum absolute atomic E-state index is 11.7. The molecule has 2 aromatic rings. The van der Waals surface area contributed by atoms with E-state index in [1.807, 2.05) is 20.8 Å². The van der Waals surface area contributed by atoms with E-state index in [4.69, 9.17) is 4.42 Å². The molecule has 0 amide bonds. The highest BCUT2D eigenvalue weighted by molar-refractivity contribution is 7.99. The minimum Gasteiger partial charge on any atom is -0.415 e. The molecule has 8 nitrogen and oxygen atoms in total. The van der Waals surface area contributed by atoms with E-state index in [1.165, 1.54) is 34.7 Å². The van der Waals surface area contributed by atoms with Crippen LogP contribution in [0.2, 0.25) is 0 Å². The molecule has 0 fully saturated rings. The normalized spacial score (nSPS) is 11.6. The van der Waals surface area contributed by atoms with Gasteiger partial charge in [-0.3, -0.25) is 14.9 Å². The Morgan fingerprint density at radius 1 is 1.36 bits per heavy atom. The van der Waals surface area contributed by atoms with Crippen molar-refractivity contribution in [1.82, 2.24) is 14.8 Å². The van der Waals surface area contributed by atoms with Crippen LogP contribution in [0.1, 0.15) is 26.7 Å². The molecule has 0 saturated carbocycles. The van der Waals surface area contributed by atoms with E-state index >= 15 is 0 Å². The third kappa shape index (κ3) is 3.94. The molecule has 0 aliphatic heterocycles. The first kappa shape index (κ1) is 16.2. The second-order valence-corrected chi connectivity index (χ2v) is 6.69. The topological polar surface area (TPSA) is 104 Å². The zero-order valence-electron chi connectivity index (χ0n) is 12.5. The number of aryl methyl sites for hydroxylation is 1. The molecule has 0 aliphatic carbocycles. The Kier molecular flexibility index (Phi) is 4.65. The monoisotopic (exact) mass is 324 g/mol. The number of pyridine rings is 1. The summed E-state index contributed by atoms with van der Waals surface area (Å²) in [7, 11) is 0. The average Bonchev–Trinajstić information content (AvgIpc) is 2.89. The largest absolute Gasteiger partial charge is 0.415 e. The Morgan fingerprint density at radius 2 is 2.09 bits per heavy atom. The van der Waals surface area contributed by atoms with Gasteiger partial charge in [0, 0.05) is 29.8 Å². The summed E-state index contributed by atoms with van der Waals surface area (Å²) in [5.41, 5.74) is -0.618. The molecule has 2 rings (SSSR count). The van der Waals surface area contributed by atoms with Gasteiger partial charge in [-0.15, -0.1) is 10.2 Å². The highest BCUT2D eigenvalue weighted by atomic mass is 32.2. The lowest BCUT2D eigenvalue weighted by atomic mass is 9.97. The van der Waals surface area contributed by atoms with Gasteiger partial charge in [-0.1, -0.05) is 32.5 Å². The summed E-state index contributed by atoms with van der Waals surface area (Å²) in [6.07, 6.45) is 1.23. The van der Waals surface area contributed by atoms with E-state index in [0.717, 1.165) is 0 Å². The van der Waals surface area contributed by atoms with Gasteiger partial charge in [0.25, 0.3) is 16.5 Å². The molecule has 0 spiro atoms. The molecular formula is C13H16N4O4S. The van der Waals surface area contributed by atoms with Crippen LogP contribution in [0.4, 0.5) is 5.69 Å². The number of hydrogen-bond acceptors (Lipinski definition) is 7. The maximum Gasteiger partial charge on any atom is 0.285 e. The molecule has 0 bridgehead atoms. The molecule has 9 heteroatoms. The van der Waals surface area contributed by atoms with Crippen molar-refractivity contribution in [3.05, 3.63) is 44.7 Å². The molecule has 2 heterocycles. The van der Waals surface area contributed by atoms with Gasteiger partial charge in [0.05, 0.1) is 11.1 Å². The fourth-order valence-corrected chi connectivity index (χ4v) is 2.30. The summed E-state index contributed by atoms with van der Waals surface area (Å²) in [6, 6.07) is 2.38. The van der Waals surface area contributed by atoms with Crippen LogP contribution in [0.15, 0.2) is 32.8 Å². The summed E-state index contributed by atoms with van der Waals surface area (Å²) < 4.78 is 6.82. The third-order valence-electron chi connectivity index (χ3n) is 2.78. The van der Waals surface area contributed by atoms with Crippen molar-refractivity contribution in [3.63, 3.8) is 0 Å². The number of thioether (sulfide) groups is 1. The lowest BCUT2D eigenvalue weighted by molar-refractivity contribution is -0.385. The Morgan fingerprint density at radius 3 is 2.68 bits per heavy atom. The maximum atomic E-state index is 11.7. The van der Waals surface area contributed by atoms with Crippen LogP contribution in [-0.2, 0) is 12.0 Å². The van der Waals surface area contributed by atoms with Gasteiger partial charge in [0.15, 0.2) is 0 Å². The fourth-order valence-electron chi connectivity index (χ4n) is 1.60. The quantitative estimate of drug-likeness (QED) is 0.472. The Balaban J connectivity index is 1.99. The molecular weight excluding hydrogens is 308 g/mol. The van der Waals surface area contributed by atoms with E-state index in [1.54, 1.807) is 0 Å². The van der Waals surface area contributed by atoms with Crippen LogP contribution >= 0.6 is 11.8 Å². The van der Waals surface area contributed by atoms with Crippen molar-refractivity contribution < 1.29 is 9.34 Å². The van der Waals surface area contributed by atoms with E-state index in [9.17, 15) is 14.9 Å². The van der Waals surface area contributed by atoms with Crippen molar-refractivity contribution in [1.29, 1.82) is 0 Å². The Hall–Kier alpha value is -2.16. The van der Waals surface area contributed by atoms with Gasteiger partial charge in [-0.2, -0.15) is 0 Å². The SMILES string of the molecule is CC(C)(C)c1nnc(SCCn2cc([N+](=O)[O-])ccc2=O)o1. The molecule has 0 unspecified atom stereocenters. The van der Waals surface area contributed by atoms with Crippen molar-refractivity contribution in [2.45, 2.75) is 38.0 Å². The smallest absolute Gasteiger partial charge is 0.285 e. The number of nitrogens with zero attached hydrogens (tertiary/aromatic N) is 4. The number of hydrogen-bond donors (Lipinski definition) is 0. The molecule has 2 aromatic heterocycles. The highest BCUT2D eigenvalue weighted by Gasteiger charge is 2.21. The third-order valence-corrected chi connectivity index (χ3v) is 3.58. The van der Waals surface area contributed by atoms with Crippen molar-refractivity contribution in [3.8, 4) is 0 Å². The lowest BCUT2D eigenvalue weighted by Gasteiger charge is -2.10. The fraction of sp³-hybridized carbons (Fsp3) is 0.462. The Bertz CT molecular complexity index is 732. The van der Waals surface area contributed by atoms with Crippen LogP contribution in [0, 0.1) is 10.1 Å². The first-order chi connectivity index (χ1) is 10.3. The van der Waals surface area contributed by atoms with Crippen molar-refractivity contribution >= 4 is 17.4 Å². The van der Waals surface area contributed by atoms with Gasteiger partial charge < -0.3 is 8.98 Å². The molecule has 0 saturated heterocycles. The zero-order valence-corrected chi connectivity index (χ0v) is 13.3. The predicted molar refractivity (Wildman–Crippen MR) is 81.1 cm³/mol. The summed E-state index contributed by atoms with van der Waals surface area (Å²) in [4.78, 5) is 21.8. The molecule has 0 N–H and O–H groups in total. The van der Waals surface area contributed by atoms with Crippen LogP contribution in [-0.4, -0.2) is 25.4 Å². The molecule has 0 aliphatic rings. The van der Waals surface area contributed by atoms with E-state index in [0.29, 0.717) is 23.4 Å². The number of aromatic nitrogens is 3. The summed E-state index contributed by atoms with van der Waals surface area (Å²) in [5, 5.41) is 19.0. The van der Waals surface area contributed by atoms with Gasteiger partial charge in [0.2, 0.25) is 5.89 Å². The minimum absolute atomic E-state index is 0.114. The Labute approximate surface area is 130 Å². The molecule has 22 heavy (non-hydrogen) atoms. The van der Waals surface area contributed by atoms with Crippen LogP contribution in [0.3, 0.4) is 0 Å². The first-order valence-electron chi connectivity index (χ1n) is 6.59. The van der Waals surface area contributed by atoms with E-state index < -0.39 is 4.92 Å². The predicted octanol–water partition coefficient (Wildman–Crippen LogP) is 2.23. The van der Waals surface area contributed by atoms with Crippen molar-refractivity contribution in [2.75, 3.05) is 5.75 Å². The molecule has 0 atom stereocenters. The standard InChI is InChI=1S/C13H16N4O4S/c1-13(2,3)11-14-15-12(21-11)22-7-6-16-8-9(17(19)20)4-5-10(16)18/h4-5,8H,6-7H2,1-3H3. The summed E-state index contributed by atoms with van der Waals surface area (Å²) in [5.74, 6) is 1.04. The second kappa shape index (κ2) is 6.30. The van der Waals surface area contributed by atoms with Gasteiger partial charge in [-0.05, 0) is 0 Å². The average molecular weight is 324 g/mol. The summed E-state index contributed by atoms with van der Waals surface area (Å²) >= 11 is 1.31. The van der Waals surface area contributed by atoms with Crippen LogP contribution in [0.25, 0.3) is 0 Å². The molecule has 0 radical (unpaired) electrons. The van der Waals surface area contributed by atoms with Crippen molar-refractivity contribution in [2.24, 2.45) is 0 Å². The number of nitro groups is 1. The highest BCUT2D eigenvalue weighted by Crippen LogP contribution is 2.24. The molecule has 118 valence electrons. The van der Waals surface area contributed by atoms with E-state index in [-0.39, 0.29) is 16.7 Å². The molecule has 0 aromatic carbocycles. The second-order valence-electron chi connectivity index (χ2n) is 5.65. The minimum atomic E-state index is -0.531. The summed E-state index contributed by atoms with van der Waals surface area (Å²) in [6.45, 7) is 6.23. The zero-order chi connectivity index (χ0) is 16.3. The first-order valence-corrected chi connectivity index (χ1v) is 7.57. The number of rotatable bonds is 5. The van der Waals surface area contributed by atoms with Gasteiger partial charge in [-0.25, -0.2) is 0 Å². The van der Waals surface area contributed by atoms with Gasteiger partial charge >= 0.3 is 0 Å². The van der Waals surface area contributed by atoms with Crippen LogP contribution in [0.5, 0.6) is 0 Å². The van der Waals surface area contributed by atoms with Crippen LogP contribution < -0.4 is 5.56 Å². The van der Waals surface area contributed by atoms with E-state index in [2.05, 4.69) is 10.2 Å². The van der Waals surface area contributed by atoms with Gasteiger partial charge in [0.1, 0.15) is 0 Å². The lowest BCUT2D eigenvalue weighted by Crippen LogP contribution is -2.19.